The van der Waals surface area contributed by atoms with E-state index in [1.54, 1.807) is 0 Å². The van der Waals surface area contributed by atoms with Crippen molar-refractivity contribution in [2.24, 2.45) is 0 Å². The molecule has 1 aliphatic rings. The van der Waals surface area contributed by atoms with E-state index >= 15 is 0 Å². The fourth-order valence-electron chi connectivity index (χ4n) is 2.46. The van der Waals surface area contributed by atoms with E-state index in [9.17, 15) is 35.9 Å². The summed E-state index contributed by atoms with van der Waals surface area (Å²) in [6.07, 6.45) is -9.71. The van der Waals surface area contributed by atoms with Gasteiger partial charge in [-0.15, -0.1) is 0 Å². The zero-order valence-electron chi connectivity index (χ0n) is 14.0. The molecule has 0 saturated carbocycles. The second kappa shape index (κ2) is 9.95. The minimum Gasteiger partial charge on any atom is -0.334 e. The first kappa shape index (κ1) is 22.5. The summed E-state index contributed by atoms with van der Waals surface area (Å²) in [6.45, 7) is -0.0132. The lowest BCUT2D eigenvalue weighted by atomic mass is 10.3. The van der Waals surface area contributed by atoms with Gasteiger partial charge in [-0.2, -0.15) is 26.3 Å². The number of hydrogen-bond donors (Lipinski definition) is 2. The van der Waals surface area contributed by atoms with E-state index in [-0.39, 0.29) is 32.6 Å². The summed E-state index contributed by atoms with van der Waals surface area (Å²) in [7, 11) is 0. The Balaban J connectivity index is 2.78. The van der Waals surface area contributed by atoms with E-state index in [0.717, 1.165) is 0 Å². The summed E-state index contributed by atoms with van der Waals surface area (Å²) in [5, 5.41) is 5.82. The highest BCUT2D eigenvalue weighted by Crippen LogP contribution is 2.20. The lowest BCUT2D eigenvalue weighted by Gasteiger charge is -2.28. The zero-order valence-corrected chi connectivity index (χ0v) is 14.0. The van der Waals surface area contributed by atoms with Gasteiger partial charge in [0.25, 0.3) is 0 Å². The van der Waals surface area contributed by atoms with E-state index in [0.29, 0.717) is 29.3 Å². The maximum absolute atomic E-state index is 12.6. The van der Waals surface area contributed by atoms with Crippen molar-refractivity contribution in [1.29, 1.82) is 0 Å². The quantitative estimate of drug-likeness (QED) is 0.597. The van der Waals surface area contributed by atoms with Crippen LogP contribution in [0, 0.1) is 0 Å². The molecule has 0 aliphatic carbocycles. The van der Waals surface area contributed by atoms with Crippen LogP contribution in [0.25, 0.3) is 0 Å². The third kappa shape index (κ3) is 7.77. The fourth-order valence-corrected chi connectivity index (χ4v) is 2.46. The van der Waals surface area contributed by atoms with Crippen molar-refractivity contribution < 1.29 is 35.9 Å². The smallest absolute Gasteiger partial charge is 0.334 e. The highest BCUT2D eigenvalue weighted by Gasteiger charge is 2.43. The predicted molar refractivity (Wildman–Crippen MR) is 80.2 cm³/mol. The first-order chi connectivity index (χ1) is 12.0. The number of hydrogen-bond acceptors (Lipinski definition) is 4. The molecule has 1 heterocycles. The Morgan fingerprint density at radius 2 is 1.00 bits per heavy atom. The summed E-state index contributed by atoms with van der Waals surface area (Å²) < 4.78 is 75.8. The molecule has 1 saturated heterocycles. The van der Waals surface area contributed by atoms with Crippen molar-refractivity contribution >= 4 is 11.8 Å². The molecule has 0 aromatic rings. The molecule has 1 fully saturated rings. The van der Waals surface area contributed by atoms with Crippen molar-refractivity contribution in [3.8, 4) is 0 Å². The van der Waals surface area contributed by atoms with E-state index in [1.807, 2.05) is 0 Å². The Hall–Kier alpha value is -1.56. The number of carbonyl (C=O) groups is 2. The van der Waals surface area contributed by atoms with Crippen LogP contribution in [0.5, 0.6) is 0 Å². The number of rotatable bonds is 0. The normalized spacial score (nSPS) is 19.8. The third-order valence-electron chi connectivity index (χ3n) is 3.74. The predicted octanol–water partition coefficient (Wildman–Crippen LogP) is 0.741. The number of halogens is 6. The van der Waals surface area contributed by atoms with Crippen LogP contribution in [0.15, 0.2) is 0 Å². The molecule has 0 unspecified atom stereocenters. The van der Waals surface area contributed by atoms with Gasteiger partial charge in [-0.3, -0.25) is 9.59 Å². The molecule has 0 atom stereocenters. The molecule has 12 heteroatoms. The summed E-state index contributed by atoms with van der Waals surface area (Å²) in [5.41, 5.74) is 0. The molecule has 152 valence electrons. The number of alkyl halides is 6. The second-order valence-electron chi connectivity index (χ2n) is 5.79. The molecule has 0 spiro atoms. The molecule has 1 rings (SSSR count). The Morgan fingerprint density at radius 3 is 1.35 bits per heavy atom. The van der Waals surface area contributed by atoms with Crippen molar-refractivity contribution in [3.05, 3.63) is 0 Å². The van der Waals surface area contributed by atoms with Crippen LogP contribution >= 0.6 is 0 Å². The molecule has 1 aliphatic heterocycles. The second-order valence-corrected chi connectivity index (χ2v) is 5.79. The summed E-state index contributed by atoms with van der Waals surface area (Å²) in [5.74, 6) is -4.08. The number of nitrogens with zero attached hydrogens (tertiary/aromatic N) is 2. The van der Waals surface area contributed by atoms with Crippen LogP contribution in [-0.2, 0) is 9.59 Å². The van der Waals surface area contributed by atoms with Crippen molar-refractivity contribution in [1.82, 2.24) is 20.4 Å². The number of carbonyl (C=O) groups excluding carboxylic acids is 2. The van der Waals surface area contributed by atoms with Crippen LogP contribution in [0.2, 0.25) is 0 Å². The lowest BCUT2D eigenvalue weighted by molar-refractivity contribution is -0.187. The fraction of sp³-hybridized carbons (Fsp3) is 0.857. The van der Waals surface area contributed by atoms with Crippen LogP contribution in [0.1, 0.15) is 12.8 Å². The minimum absolute atomic E-state index is 0.132. The topological polar surface area (TPSA) is 64.7 Å². The maximum atomic E-state index is 12.6. The SMILES string of the molecule is O=C(N1CCCN(C(=O)C(F)(F)F)CCNCCCNCC1)C(F)(F)F. The molecule has 0 aromatic carbocycles. The Bertz CT molecular complexity index is 429. The van der Waals surface area contributed by atoms with Gasteiger partial charge in [0.2, 0.25) is 0 Å². The first-order valence-electron chi connectivity index (χ1n) is 8.17. The van der Waals surface area contributed by atoms with Gasteiger partial charge in [0.05, 0.1) is 0 Å². The van der Waals surface area contributed by atoms with Gasteiger partial charge in [-0.25, -0.2) is 0 Å². The number of nitrogens with one attached hydrogen (secondary N) is 2. The van der Waals surface area contributed by atoms with Gasteiger partial charge in [0.15, 0.2) is 0 Å². The Labute approximate surface area is 146 Å². The summed E-state index contributed by atoms with van der Waals surface area (Å²) in [4.78, 5) is 24.0. The number of amides is 2. The Kier molecular flexibility index (Phi) is 8.60. The Morgan fingerprint density at radius 1 is 0.615 bits per heavy atom. The van der Waals surface area contributed by atoms with E-state index in [2.05, 4.69) is 10.6 Å². The van der Waals surface area contributed by atoms with E-state index in [1.165, 1.54) is 0 Å². The first-order valence-corrected chi connectivity index (χ1v) is 8.17. The molecule has 0 aromatic heterocycles. The molecule has 0 bridgehead atoms. The largest absolute Gasteiger partial charge is 0.471 e. The molecular formula is C14H22F6N4O2. The molecule has 2 amide bonds. The molecular weight excluding hydrogens is 370 g/mol. The average Bonchev–Trinajstić information content (AvgIpc) is 2.53. The van der Waals surface area contributed by atoms with Gasteiger partial charge in [-0.05, 0) is 25.9 Å². The molecule has 0 radical (unpaired) electrons. The molecule has 26 heavy (non-hydrogen) atoms. The standard InChI is InChI=1S/C14H22F6N4O2/c15-13(16,17)11(25)23-7-2-8-24(12(26)14(18,19)20)10-6-22-4-1-3-21-5-9-23/h21-22H,1-10H2. The summed E-state index contributed by atoms with van der Waals surface area (Å²) in [6, 6.07) is 0. The van der Waals surface area contributed by atoms with Gasteiger partial charge in [0.1, 0.15) is 0 Å². The van der Waals surface area contributed by atoms with Crippen LogP contribution in [0.3, 0.4) is 0 Å². The summed E-state index contributed by atoms with van der Waals surface area (Å²) >= 11 is 0. The maximum Gasteiger partial charge on any atom is 0.471 e. The van der Waals surface area contributed by atoms with Crippen LogP contribution in [0.4, 0.5) is 26.3 Å². The highest BCUT2D eigenvalue weighted by molar-refractivity contribution is 5.82. The molecule has 6 nitrogen and oxygen atoms in total. The van der Waals surface area contributed by atoms with Crippen molar-refractivity contribution in [2.75, 3.05) is 52.4 Å². The van der Waals surface area contributed by atoms with Gasteiger partial charge < -0.3 is 20.4 Å². The minimum atomic E-state index is -5.06. The molecule has 2 N–H and O–H groups in total. The lowest BCUT2D eigenvalue weighted by Crippen LogP contribution is -2.48. The average molecular weight is 392 g/mol. The van der Waals surface area contributed by atoms with Crippen molar-refractivity contribution in [3.63, 3.8) is 0 Å². The van der Waals surface area contributed by atoms with Gasteiger partial charge in [0, 0.05) is 39.3 Å². The monoisotopic (exact) mass is 392 g/mol. The van der Waals surface area contributed by atoms with Crippen LogP contribution < -0.4 is 10.6 Å². The van der Waals surface area contributed by atoms with Crippen LogP contribution in [-0.4, -0.2) is 86.3 Å². The highest BCUT2D eigenvalue weighted by atomic mass is 19.4. The third-order valence-corrected chi connectivity index (χ3v) is 3.74. The van der Waals surface area contributed by atoms with E-state index < -0.39 is 37.3 Å². The zero-order chi connectivity index (χ0) is 19.8. The van der Waals surface area contributed by atoms with Gasteiger partial charge >= 0.3 is 24.2 Å². The van der Waals surface area contributed by atoms with Gasteiger partial charge in [-0.1, -0.05) is 0 Å². The van der Waals surface area contributed by atoms with Crippen molar-refractivity contribution in [2.45, 2.75) is 25.2 Å². The van der Waals surface area contributed by atoms with E-state index in [4.69, 9.17) is 0 Å².